The van der Waals surface area contributed by atoms with Crippen molar-refractivity contribution < 1.29 is 14.0 Å². The second-order valence-corrected chi connectivity index (χ2v) is 8.70. The van der Waals surface area contributed by atoms with Gasteiger partial charge in [-0.25, -0.2) is 9.37 Å². The van der Waals surface area contributed by atoms with E-state index >= 15 is 0 Å². The van der Waals surface area contributed by atoms with Crippen LogP contribution in [0.4, 0.5) is 20.3 Å². The minimum absolute atomic E-state index is 0.121. The van der Waals surface area contributed by atoms with Crippen LogP contribution in [0.2, 0.25) is 0 Å². The molecule has 0 spiro atoms. The molecule has 3 heterocycles. The molecule has 31 heavy (non-hydrogen) atoms. The standard InChI is InChI=1S/C20H14FN5O2S3/c1-12(27)26(16-5-3-2-4-15(16)21)20-22-14(11-30-20)6-7-17(28)23-19-25-24-18(31-19)13-8-9-29-10-13/h2-11H,1H3,(H,23,25,28)/b7-6+. The predicted octanol–water partition coefficient (Wildman–Crippen LogP) is 5.20. The van der Waals surface area contributed by atoms with Gasteiger partial charge < -0.3 is 0 Å². The molecule has 2 amide bonds. The Morgan fingerprint density at radius 1 is 1.16 bits per heavy atom. The molecule has 0 aliphatic carbocycles. The summed E-state index contributed by atoms with van der Waals surface area (Å²) in [5.41, 5.74) is 1.54. The fourth-order valence-corrected chi connectivity index (χ4v) is 4.89. The molecular weight excluding hydrogens is 457 g/mol. The number of rotatable bonds is 6. The molecule has 0 unspecified atom stereocenters. The monoisotopic (exact) mass is 471 g/mol. The second kappa shape index (κ2) is 9.25. The zero-order chi connectivity index (χ0) is 21.8. The van der Waals surface area contributed by atoms with E-state index in [1.54, 1.807) is 28.8 Å². The summed E-state index contributed by atoms with van der Waals surface area (Å²) in [4.78, 5) is 29.8. The van der Waals surface area contributed by atoms with E-state index in [4.69, 9.17) is 0 Å². The molecule has 0 bridgehead atoms. The van der Waals surface area contributed by atoms with Crippen LogP contribution >= 0.6 is 34.0 Å². The van der Waals surface area contributed by atoms with Crippen LogP contribution in [0.3, 0.4) is 0 Å². The number of benzene rings is 1. The first-order chi connectivity index (χ1) is 15.0. The molecular formula is C20H14FN5O2S3. The van der Waals surface area contributed by atoms with Gasteiger partial charge in [0.2, 0.25) is 16.9 Å². The maximum atomic E-state index is 14.2. The molecule has 1 N–H and O–H groups in total. The quantitative estimate of drug-likeness (QED) is 0.391. The third kappa shape index (κ3) is 4.90. The van der Waals surface area contributed by atoms with E-state index in [1.165, 1.54) is 58.8 Å². The number of amides is 2. The van der Waals surface area contributed by atoms with Crippen LogP contribution in [0.5, 0.6) is 0 Å². The van der Waals surface area contributed by atoms with Crippen molar-refractivity contribution in [2.45, 2.75) is 6.92 Å². The lowest BCUT2D eigenvalue weighted by molar-refractivity contribution is -0.116. The Kier molecular flexibility index (Phi) is 6.26. The number of nitrogens with one attached hydrogen (secondary N) is 1. The maximum absolute atomic E-state index is 14.2. The number of carbonyl (C=O) groups is 2. The number of halogens is 1. The van der Waals surface area contributed by atoms with Crippen molar-refractivity contribution in [3.63, 3.8) is 0 Å². The summed E-state index contributed by atoms with van der Waals surface area (Å²) in [7, 11) is 0. The molecule has 0 saturated carbocycles. The summed E-state index contributed by atoms with van der Waals surface area (Å²) in [6.07, 6.45) is 2.82. The molecule has 0 atom stereocenters. The van der Waals surface area contributed by atoms with Crippen LogP contribution in [0.25, 0.3) is 16.6 Å². The number of hydrogen-bond acceptors (Lipinski definition) is 8. The molecule has 4 rings (SSSR count). The molecule has 0 radical (unpaired) electrons. The lowest BCUT2D eigenvalue weighted by atomic mass is 10.3. The zero-order valence-corrected chi connectivity index (χ0v) is 18.4. The summed E-state index contributed by atoms with van der Waals surface area (Å²) in [5.74, 6) is -1.28. The lowest BCUT2D eigenvalue weighted by Crippen LogP contribution is -2.23. The molecule has 0 aliphatic rings. The number of thiazole rings is 1. The van der Waals surface area contributed by atoms with Crippen LogP contribution in [-0.2, 0) is 9.59 Å². The van der Waals surface area contributed by atoms with Crippen molar-refractivity contribution in [3.8, 4) is 10.6 Å². The largest absolute Gasteiger partial charge is 0.297 e. The first-order valence-corrected chi connectivity index (χ1v) is 11.5. The molecule has 3 aromatic heterocycles. The molecule has 0 fully saturated rings. The van der Waals surface area contributed by atoms with Crippen LogP contribution < -0.4 is 10.2 Å². The van der Waals surface area contributed by atoms with Crippen LogP contribution in [-0.4, -0.2) is 27.0 Å². The number of aromatic nitrogens is 3. The highest BCUT2D eigenvalue weighted by Crippen LogP contribution is 2.31. The number of hydrogen-bond donors (Lipinski definition) is 1. The summed E-state index contributed by atoms with van der Waals surface area (Å²) >= 11 is 4.01. The zero-order valence-electron chi connectivity index (χ0n) is 16.0. The fourth-order valence-electron chi connectivity index (χ4n) is 2.58. The van der Waals surface area contributed by atoms with Crippen LogP contribution in [0.15, 0.2) is 52.5 Å². The van der Waals surface area contributed by atoms with Gasteiger partial charge in [-0.1, -0.05) is 23.5 Å². The molecule has 1 aromatic carbocycles. The second-order valence-electron chi connectivity index (χ2n) is 6.11. The molecule has 11 heteroatoms. The van der Waals surface area contributed by atoms with Gasteiger partial charge in [-0.05, 0) is 29.7 Å². The summed E-state index contributed by atoms with van der Waals surface area (Å²) in [6, 6.07) is 7.91. The molecule has 0 aliphatic heterocycles. The SMILES string of the molecule is CC(=O)N(c1nc(/C=C/C(=O)Nc2nnc(-c3ccsc3)s2)cs1)c1ccccc1F. The van der Waals surface area contributed by atoms with E-state index in [0.717, 1.165) is 10.6 Å². The Morgan fingerprint density at radius 3 is 2.74 bits per heavy atom. The number of para-hydroxylation sites is 1. The van der Waals surface area contributed by atoms with E-state index < -0.39 is 5.82 Å². The Morgan fingerprint density at radius 2 is 2.00 bits per heavy atom. The Labute approximate surface area is 188 Å². The smallest absolute Gasteiger partial charge is 0.250 e. The minimum Gasteiger partial charge on any atom is -0.297 e. The molecule has 0 saturated heterocycles. The number of nitrogens with zero attached hydrogens (tertiary/aromatic N) is 4. The van der Waals surface area contributed by atoms with Gasteiger partial charge in [-0.2, -0.15) is 11.3 Å². The average molecular weight is 472 g/mol. The van der Waals surface area contributed by atoms with Gasteiger partial charge in [0.15, 0.2) is 5.13 Å². The topological polar surface area (TPSA) is 88.1 Å². The fraction of sp³-hybridized carbons (Fsp3) is 0.0500. The van der Waals surface area contributed by atoms with E-state index in [9.17, 15) is 14.0 Å². The predicted molar refractivity (Wildman–Crippen MR) is 122 cm³/mol. The van der Waals surface area contributed by atoms with Gasteiger partial charge >= 0.3 is 0 Å². The highest BCUT2D eigenvalue weighted by Gasteiger charge is 2.20. The normalized spacial score (nSPS) is 11.0. The first-order valence-electron chi connectivity index (χ1n) is 8.87. The highest BCUT2D eigenvalue weighted by atomic mass is 32.1. The molecule has 156 valence electrons. The van der Waals surface area contributed by atoms with E-state index in [0.29, 0.717) is 16.0 Å². The van der Waals surface area contributed by atoms with Gasteiger partial charge in [0.05, 0.1) is 11.4 Å². The average Bonchev–Trinajstić information content (AvgIpc) is 3.50. The van der Waals surface area contributed by atoms with Crippen molar-refractivity contribution in [3.05, 3.63) is 64.1 Å². The van der Waals surface area contributed by atoms with E-state index in [-0.39, 0.29) is 17.5 Å². The van der Waals surface area contributed by atoms with Gasteiger partial charge in [0.25, 0.3) is 0 Å². The maximum Gasteiger partial charge on any atom is 0.250 e. The number of anilines is 3. The molecule has 4 aromatic rings. The van der Waals surface area contributed by atoms with Crippen LogP contribution in [0.1, 0.15) is 12.6 Å². The third-order valence-electron chi connectivity index (χ3n) is 3.94. The van der Waals surface area contributed by atoms with Crippen molar-refractivity contribution in [1.82, 2.24) is 15.2 Å². The number of thiophene rings is 1. The highest BCUT2D eigenvalue weighted by molar-refractivity contribution is 7.19. The molecule has 7 nitrogen and oxygen atoms in total. The van der Waals surface area contributed by atoms with Crippen molar-refractivity contribution in [1.29, 1.82) is 0 Å². The van der Waals surface area contributed by atoms with Crippen LogP contribution in [0, 0.1) is 5.82 Å². The third-order valence-corrected chi connectivity index (χ3v) is 6.35. The lowest BCUT2D eigenvalue weighted by Gasteiger charge is -2.18. The Hall–Kier alpha value is -3.28. The van der Waals surface area contributed by atoms with Crippen molar-refractivity contribution >= 4 is 67.9 Å². The van der Waals surface area contributed by atoms with Gasteiger partial charge in [0.1, 0.15) is 10.8 Å². The minimum atomic E-state index is -0.525. The van der Waals surface area contributed by atoms with Crippen molar-refractivity contribution in [2.75, 3.05) is 10.2 Å². The Bertz CT molecular complexity index is 1250. The Balaban J connectivity index is 1.45. The van der Waals surface area contributed by atoms with Crippen molar-refractivity contribution in [2.24, 2.45) is 0 Å². The van der Waals surface area contributed by atoms with Gasteiger partial charge in [-0.15, -0.1) is 21.5 Å². The first kappa shape index (κ1) is 21.0. The summed E-state index contributed by atoms with van der Waals surface area (Å²) in [5, 5.41) is 17.7. The summed E-state index contributed by atoms with van der Waals surface area (Å²) < 4.78 is 14.2. The van der Waals surface area contributed by atoms with E-state index in [2.05, 4.69) is 20.5 Å². The van der Waals surface area contributed by atoms with Gasteiger partial charge in [-0.3, -0.25) is 19.8 Å². The summed E-state index contributed by atoms with van der Waals surface area (Å²) in [6.45, 7) is 1.34. The number of carbonyl (C=O) groups excluding carboxylic acids is 2. The van der Waals surface area contributed by atoms with E-state index in [1.807, 2.05) is 16.8 Å². The van der Waals surface area contributed by atoms with Gasteiger partial charge in [0, 0.05) is 29.3 Å².